The molecule has 1 aromatic carbocycles. The van der Waals surface area contributed by atoms with Gasteiger partial charge < -0.3 is 15.0 Å². The zero-order chi connectivity index (χ0) is 16.9. The monoisotopic (exact) mass is 328 g/mol. The maximum absolute atomic E-state index is 11.0. The average molecular weight is 328 g/mol. The lowest BCUT2D eigenvalue weighted by Gasteiger charge is -2.32. The van der Waals surface area contributed by atoms with Gasteiger partial charge in [-0.1, -0.05) is 18.2 Å². The number of ether oxygens (including phenoxy) is 1. The highest BCUT2D eigenvalue weighted by Crippen LogP contribution is 2.24. The highest BCUT2D eigenvalue weighted by atomic mass is 16.6. The molecule has 1 atom stereocenters. The number of aromatic nitrogens is 1. The summed E-state index contributed by atoms with van der Waals surface area (Å²) in [6, 6.07) is 10.6. The van der Waals surface area contributed by atoms with Gasteiger partial charge in [0.25, 0.3) is 5.69 Å². The van der Waals surface area contributed by atoms with Crippen molar-refractivity contribution < 1.29 is 9.66 Å². The fourth-order valence-corrected chi connectivity index (χ4v) is 2.71. The fourth-order valence-electron chi connectivity index (χ4n) is 2.71. The number of pyridine rings is 1. The van der Waals surface area contributed by atoms with Crippen LogP contribution < -0.4 is 10.2 Å². The van der Waals surface area contributed by atoms with E-state index < -0.39 is 0 Å². The Labute approximate surface area is 140 Å². The van der Waals surface area contributed by atoms with E-state index in [9.17, 15) is 10.1 Å². The van der Waals surface area contributed by atoms with Crippen molar-refractivity contribution in [2.45, 2.75) is 19.6 Å². The van der Waals surface area contributed by atoms with Gasteiger partial charge >= 0.3 is 0 Å². The van der Waals surface area contributed by atoms with Gasteiger partial charge in [-0.05, 0) is 24.6 Å². The lowest BCUT2D eigenvalue weighted by atomic mass is 10.2. The second kappa shape index (κ2) is 7.27. The Balaban J connectivity index is 1.64. The molecule has 1 fully saturated rings. The summed E-state index contributed by atoms with van der Waals surface area (Å²) in [7, 11) is 0. The van der Waals surface area contributed by atoms with E-state index in [0.29, 0.717) is 18.8 Å². The van der Waals surface area contributed by atoms with E-state index in [-0.39, 0.29) is 16.7 Å². The minimum atomic E-state index is -0.386. The summed E-state index contributed by atoms with van der Waals surface area (Å²) in [5.74, 6) is 0.930. The van der Waals surface area contributed by atoms with Crippen molar-refractivity contribution in [3.63, 3.8) is 0 Å². The third-order valence-electron chi connectivity index (χ3n) is 3.96. The molecule has 24 heavy (non-hydrogen) atoms. The number of benzene rings is 1. The summed E-state index contributed by atoms with van der Waals surface area (Å²) in [4.78, 5) is 17.3. The Morgan fingerprint density at radius 1 is 1.38 bits per heavy atom. The standard InChI is InChI=1S/C17H20N4O3/c1-13-12-20(8-9-24-13)17-7-6-14(11-19-17)10-18-15-4-2-3-5-16(15)21(22)23/h2-7,11,13,18H,8-10,12H2,1H3. The second-order valence-corrected chi connectivity index (χ2v) is 5.78. The van der Waals surface area contributed by atoms with Crippen LogP contribution in [0.25, 0.3) is 0 Å². The number of nitrogens with zero attached hydrogens (tertiary/aromatic N) is 3. The molecule has 2 aromatic rings. The van der Waals surface area contributed by atoms with Crippen LogP contribution in [0, 0.1) is 10.1 Å². The van der Waals surface area contributed by atoms with Crippen molar-refractivity contribution in [2.24, 2.45) is 0 Å². The van der Waals surface area contributed by atoms with E-state index in [1.165, 1.54) is 6.07 Å². The largest absolute Gasteiger partial charge is 0.375 e. The highest BCUT2D eigenvalue weighted by molar-refractivity contribution is 5.61. The highest BCUT2D eigenvalue weighted by Gasteiger charge is 2.17. The molecule has 7 nitrogen and oxygen atoms in total. The molecule has 0 aliphatic carbocycles. The van der Waals surface area contributed by atoms with Crippen LogP contribution in [-0.2, 0) is 11.3 Å². The summed E-state index contributed by atoms with van der Waals surface area (Å²) in [6.07, 6.45) is 2.01. The molecule has 7 heteroatoms. The summed E-state index contributed by atoms with van der Waals surface area (Å²) >= 11 is 0. The Hall–Kier alpha value is -2.67. The normalized spacial score (nSPS) is 17.5. The van der Waals surface area contributed by atoms with Crippen LogP contribution in [0.3, 0.4) is 0 Å². The Bertz CT molecular complexity index is 705. The van der Waals surface area contributed by atoms with Crippen LogP contribution in [0.5, 0.6) is 0 Å². The van der Waals surface area contributed by atoms with Gasteiger partial charge in [-0.2, -0.15) is 0 Å². The van der Waals surface area contributed by atoms with E-state index in [0.717, 1.165) is 24.5 Å². The SMILES string of the molecule is CC1CN(c2ccc(CNc3ccccc3[N+](=O)[O-])cn2)CCO1. The molecular weight excluding hydrogens is 308 g/mol. The number of nitro benzene ring substituents is 1. The lowest BCUT2D eigenvalue weighted by molar-refractivity contribution is -0.384. The van der Waals surface area contributed by atoms with E-state index >= 15 is 0 Å². The zero-order valence-electron chi connectivity index (χ0n) is 13.5. The molecule has 1 N–H and O–H groups in total. The molecule has 1 saturated heterocycles. The molecule has 126 valence electrons. The van der Waals surface area contributed by atoms with Gasteiger partial charge in [0.05, 0.1) is 17.6 Å². The number of para-hydroxylation sites is 2. The fraction of sp³-hybridized carbons (Fsp3) is 0.353. The number of hydrogen-bond donors (Lipinski definition) is 1. The van der Waals surface area contributed by atoms with Gasteiger partial charge in [0.15, 0.2) is 0 Å². The van der Waals surface area contributed by atoms with E-state index in [4.69, 9.17) is 4.74 Å². The number of nitro groups is 1. The maximum Gasteiger partial charge on any atom is 0.292 e. The number of rotatable bonds is 5. The Morgan fingerprint density at radius 2 is 2.21 bits per heavy atom. The van der Waals surface area contributed by atoms with Crippen LogP contribution >= 0.6 is 0 Å². The summed E-state index contributed by atoms with van der Waals surface area (Å²) < 4.78 is 5.54. The van der Waals surface area contributed by atoms with E-state index in [1.54, 1.807) is 24.4 Å². The van der Waals surface area contributed by atoms with Crippen LogP contribution in [0.4, 0.5) is 17.2 Å². The first kappa shape index (κ1) is 16.2. The van der Waals surface area contributed by atoms with Crippen LogP contribution in [0.2, 0.25) is 0 Å². The van der Waals surface area contributed by atoms with Gasteiger partial charge in [0.2, 0.25) is 0 Å². The summed E-state index contributed by atoms with van der Waals surface area (Å²) in [5, 5.41) is 14.1. The molecule has 3 rings (SSSR count). The summed E-state index contributed by atoms with van der Waals surface area (Å²) in [5.41, 5.74) is 1.55. The molecule has 1 aliphatic heterocycles. The predicted molar refractivity (Wildman–Crippen MR) is 92.3 cm³/mol. The smallest absolute Gasteiger partial charge is 0.292 e. The van der Waals surface area contributed by atoms with Crippen molar-refractivity contribution in [1.29, 1.82) is 0 Å². The van der Waals surface area contributed by atoms with Crippen molar-refractivity contribution in [1.82, 2.24) is 4.98 Å². The Kier molecular flexibility index (Phi) is 4.90. The summed E-state index contributed by atoms with van der Waals surface area (Å²) in [6.45, 7) is 4.92. The third kappa shape index (κ3) is 3.80. The van der Waals surface area contributed by atoms with Gasteiger partial charge in [-0.15, -0.1) is 0 Å². The minimum absolute atomic E-state index is 0.0735. The molecule has 0 amide bonds. The molecule has 0 saturated carbocycles. The van der Waals surface area contributed by atoms with Gasteiger partial charge in [0.1, 0.15) is 11.5 Å². The van der Waals surface area contributed by atoms with Crippen LogP contribution in [0.15, 0.2) is 42.6 Å². The average Bonchev–Trinajstić information content (AvgIpc) is 2.60. The molecule has 0 radical (unpaired) electrons. The first-order valence-corrected chi connectivity index (χ1v) is 7.92. The van der Waals surface area contributed by atoms with Crippen LogP contribution in [-0.4, -0.2) is 35.7 Å². The quantitative estimate of drug-likeness (QED) is 0.671. The molecule has 1 aliphatic rings. The molecule has 2 heterocycles. The van der Waals surface area contributed by atoms with Gasteiger partial charge in [-0.25, -0.2) is 4.98 Å². The number of anilines is 2. The van der Waals surface area contributed by atoms with Crippen molar-refractivity contribution in [2.75, 3.05) is 29.9 Å². The molecule has 0 bridgehead atoms. The van der Waals surface area contributed by atoms with E-state index in [1.807, 2.05) is 12.1 Å². The van der Waals surface area contributed by atoms with Gasteiger partial charge in [0, 0.05) is 31.9 Å². The van der Waals surface area contributed by atoms with Gasteiger partial charge in [-0.3, -0.25) is 10.1 Å². The lowest BCUT2D eigenvalue weighted by Crippen LogP contribution is -2.41. The number of morpholine rings is 1. The maximum atomic E-state index is 11.0. The number of nitrogens with one attached hydrogen (secondary N) is 1. The molecule has 0 spiro atoms. The third-order valence-corrected chi connectivity index (χ3v) is 3.96. The van der Waals surface area contributed by atoms with E-state index in [2.05, 4.69) is 22.1 Å². The minimum Gasteiger partial charge on any atom is -0.375 e. The molecular formula is C17H20N4O3. The first-order valence-electron chi connectivity index (χ1n) is 7.92. The Morgan fingerprint density at radius 3 is 2.92 bits per heavy atom. The molecule has 1 aromatic heterocycles. The zero-order valence-corrected chi connectivity index (χ0v) is 13.5. The molecule has 1 unspecified atom stereocenters. The van der Waals surface area contributed by atoms with Crippen molar-refractivity contribution in [3.05, 3.63) is 58.3 Å². The second-order valence-electron chi connectivity index (χ2n) is 5.78. The topological polar surface area (TPSA) is 80.5 Å². The first-order chi connectivity index (χ1) is 11.6. The van der Waals surface area contributed by atoms with Crippen molar-refractivity contribution >= 4 is 17.2 Å². The number of hydrogen-bond acceptors (Lipinski definition) is 6. The predicted octanol–water partition coefficient (Wildman–Crippen LogP) is 2.83. The van der Waals surface area contributed by atoms with Crippen molar-refractivity contribution in [3.8, 4) is 0 Å². The van der Waals surface area contributed by atoms with Crippen LogP contribution in [0.1, 0.15) is 12.5 Å².